The highest BCUT2D eigenvalue weighted by atomic mass is 79.9. The summed E-state index contributed by atoms with van der Waals surface area (Å²) in [5.74, 6) is 0.650. The molecular weight excluding hydrogens is 302 g/mol. The standard InChI is InChI=1S/C12H11BrClN3/c1-8(9-2-4-10(13)5-3-9)17-12-11(14)6-15-7-16-12/h2-8H,1H3,(H,15,16,17). The van der Waals surface area contributed by atoms with Crippen LogP contribution in [0.25, 0.3) is 0 Å². The molecule has 17 heavy (non-hydrogen) atoms. The van der Waals surface area contributed by atoms with Gasteiger partial charge in [-0.15, -0.1) is 0 Å². The van der Waals surface area contributed by atoms with Crippen molar-refractivity contribution in [3.8, 4) is 0 Å². The average molecular weight is 313 g/mol. The Kier molecular flexibility index (Phi) is 3.97. The molecule has 0 aliphatic rings. The molecular formula is C12H11BrClN3. The predicted molar refractivity (Wildman–Crippen MR) is 73.2 cm³/mol. The second kappa shape index (κ2) is 5.47. The van der Waals surface area contributed by atoms with Gasteiger partial charge in [-0.1, -0.05) is 39.7 Å². The summed E-state index contributed by atoms with van der Waals surface area (Å²) in [4.78, 5) is 7.95. The Bertz CT molecular complexity index is 501. The van der Waals surface area contributed by atoms with Crippen LogP contribution >= 0.6 is 27.5 Å². The smallest absolute Gasteiger partial charge is 0.148 e. The van der Waals surface area contributed by atoms with Gasteiger partial charge < -0.3 is 5.32 Å². The van der Waals surface area contributed by atoms with Crippen LogP contribution in [0.15, 0.2) is 41.3 Å². The summed E-state index contributed by atoms with van der Waals surface area (Å²) in [6.45, 7) is 2.06. The van der Waals surface area contributed by atoms with E-state index in [1.165, 1.54) is 11.9 Å². The molecule has 3 nitrogen and oxygen atoms in total. The molecule has 0 aliphatic carbocycles. The van der Waals surface area contributed by atoms with Gasteiger partial charge in [0.15, 0.2) is 0 Å². The summed E-state index contributed by atoms with van der Waals surface area (Å²) < 4.78 is 1.06. The van der Waals surface area contributed by atoms with Crippen molar-refractivity contribution in [2.75, 3.05) is 5.32 Å². The molecule has 0 saturated carbocycles. The lowest BCUT2D eigenvalue weighted by Gasteiger charge is -2.15. The van der Waals surface area contributed by atoms with Gasteiger partial charge in [-0.25, -0.2) is 9.97 Å². The van der Waals surface area contributed by atoms with Crippen LogP contribution < -0.4 is 5.32 Å². The summed E-state index contributed by atoms with van der Waals surface area (Å²) in [7, 11) is 0. The quantitative estimate of drug-likeness (QED) is 0.928. The fraction of sp³-hybridized carbons (Fsp3) is 0.167. The van der Waals surface area contributed by atoms with Crippen LogP contribution in [0.2, 0.25) is 5.02 Å². The van der Waals surface area contributed by atoms with Crippen LogP contribution in [-0.4, -0.2) is 9.97 Å². The van der Waals surface area contributed by atoms with Crippen LogP contribution in [0.4, 0.5) is 5.82 Å². The molecule has 0 bridgehead atoms. The van der Waals surface area contributed by atoms with E-state index in [1.807, 2.05) is 12.1 Å². The Morgan fingerprint density at radius 1 is 1.29 bits per heavy atom. The number of nitrogens with zero attached hydrogens (tertiary/aromatic N) is 2. The Labute approximate surface area is 113 Å². The van der Waals surface area contributed by atoms with E-state index in [2.05, 4.69) is 50.3 Å². The maximum absolute atomic E-state index is 5.99. The third-order valence-electron chi connectivity index (χ3n) is 2.39. The van der Waals surface area contributed by atoms with Crippen molar-refractivity contribution in [1.82, 2.24) is 9.97 Å². The van der Waals surface area contributed by atoms with Gasteiger partial charge in [0, 0.05) is 10.5 Å². The van der Waals surface area contributed by atoms with E-state index in [1.54, 1.807) is 6.20 Å². The van der Waals surface area contributed by atoms with Gasteiger partial charge in [-0.2, -0.15) is 0 Å². The summed E-state index contributed by atoms with van der Waals surface area (Å²) in [6.07, 6.45) is 3.05. The van der Waals surface area contributed by atoms with E-state index in [0.717, 1.165) is 4.47 Å². The normalized spacial score (nSPS) is 12.2. The van der Waals surface area contributed by atoms with Gasteiger partial charge in [0.2, 0.25) is 0 Å². The van der Waals surface area contributed by atoms with Gasteiger partial charge in [0.25, 0.3) is 0 Å². The molecule has 88 valence electrons. The monoisotopic (exact) mass is 311 g/mol. The molecule has 1 heterocycles. The van der Waals surface area contributed by atoms with Gasteiger partial charge in [0.1, 0.15) is 17.2 Å². The molecule has 0 spiro atoms. The van der Waals surface area contributed by atoms with Crippen LogP contribution in [0.5, 0.6) is 0 Å². The fourth-order valence-electron chi connectivity index (χ4n) is 1.46. The minimum Gasteiger partial charge on any atom is -0.362 e. The minimum absolute atomic E-state index is 0.135. The SMILES string of the molecule is CC(Nc1ncncc1Cl)c1ccc(Br)cc1. The number of rotatable bonds is 3. The maximum Gasteiger partial charge on any atom is 0.148 e. The Hall–Kier alpha value is -1.13. The third kappa shape index (κ3) is 3.17. The molecule has 0 saturated heterocycles. The van der Waals surface area contributed by atoms with E-state index in [0.29, 0.717) is 10.8 Å². The van der Waals surface area contributed by atoms with Crippen molar-refractivity contribution >= 4 is 33.3 Å². The highest BCUT2D eigenvalue weighted by Crippen LogP contribution is 2.23. The van der Waals surface area contributed by atoms with Gasteiger partial charge >= 0.3 is 0 Å². The lowest BCUT2D eigenvalue weighted by atomic mass is 10.1. The average Bonchev–Trinajstić information content (AvgIpc) is 2.33. The van der Waals surface area contributed by atoms with E-state index in [-0.39, 0.29) is 6.04 Å². The van der Waals surface area contributed by atoms with E-state index < -0.39 is 0 Å². The molecule has 1 aromatic heterocycles. The molecule has 0 fully saturated rings. The number of halogens is 2. The molecule has 5 heteroatoms. The number of nitrogens with one attached hydrogen (secondary N) is 1. The second-order valence-corrected chi connectivity index (χ2v) is 4.96. The van der Waals surface area contributed by atoms with Crippen LogP contribution in [0, 0.1) is 0 Å². The summed E-state index contributed by atoms with van der Waals surface area (Å²) >= 11 is 9.40. The van der Waals surface area contributed by atoms with Crippen LogP contribution in [-0.2, 0) is 0 Å². The molecule has 1 N–H and O–H groups in total. The lowest BCUT2D eigenvalue weighted by molar-refractivity contribution is 0.871. The number of benzene rings is 1. The minimum atomic E-state index is 0.135. The van der Waals surface area contributed by atoms with Crippen molar-refractivity contribution in [3.05, 3.63) is 51.8 Å². The molecule has 0 amide bonds. The molecule has 2 aromatic rings. The number of hydrogen-bond acceptors (Lipinski definition) is 3. The first kappa shape index (κ1) is 12.3. The van der Waals surface area contributed by atoms with Gasteiger partial charge in [-0.3, -0.25) is 0 Å². The zero-order chi connectivity index (χ0) is 12.3. The van der Waals surface area contributed by atoms with E-state index in [9.17, 15) is 0 Å². The first-order valence-corrected chi connectivity index (χ1v) is 6.31. The van der Waals surface area contributed by atoms with Crippen LogP contribution in [0.1, 0.15) is 18.5 Å². The Morgan fingerprint density at radius 2 is 2.00 bits per heavy atom. The van der Waals surface area contributed by atoms with Crippen molar-refractivity contribution in [2.45, 2.75) is 13.0 Å². The number of hydrogen-bond donors (Lipinski definition) is 1. The first-order valence-electron chi connectivity index (χ1n) is 5.14. The van der Waals surface area contributed by atoms with Crippen molar-refractivity contribution < 1.29 is 0 Å². The molecule has 0 aliphatic heterocycles. The van der Waals surface area contributed by atoms with Crippen LogP contribution in [0.3, 0.4) is 0 Å². The van der Waals surface area contributed by atoms with Gasteiger partial charge in [0.05, 0.1) is 6.20 Å². The van der Waals surface area contributed by atoms with E-state index in [4.69, 9.17) is 11.6 Å². The highest BCUT2D eigenvalue weighted by molar-refractivity contribution is 9.10. The van der Waals surface area contributed by atoms with Crippen molar-refractivity contribution in [3.63, 3.8) is 0 Å². The topological polar surface area (TPSA) is 37.8 Å². The highest BCUT2D eigenvalue weighted by Gasteiger charge is 2.08. The lowest BCUT2D eigenvalue weighted by Crippen LogP contribution is -2.08. The zero-order valence-electron chi connectivity index (χ0n) is 9.19. The zero-order valence-corrected chi connectivity index (χ0v) is 11.5. The molecule has 1 atom stereocenters. The Balaban J connectivity index is 2.14. The predicted octanol–water partition coefficient (Wildman–Crippen LogP) is 4.07. The van der Waals surface area contributed by atoms with Gasteiger partial charge in [-0.05, 0) is 24.6 Å². The third-order valence-corrected chi connectivity index (χ3v) is 3.20. The van der Waals surface area contributed by atoms with E-state index >= 15 is 0 Å². The number of anilines is 1. The fourth-order valence-corrected chi connectivity index (χ4v) is 1.88. The van der Waals surface area contributed by atoms with Crippen molar-refractivity contribution in [1.29, 1.82) is 0 Å². The summed E-state index contributed by atoms with van der Waals surface area (Å²) in [5, 5.41) is 3.77. The molecule has 2 rings (SSSR count). The first-order chi connectivity index (χ1) is 8.16. The number of aromatic nitrogens is 2. The molecule has 1 unspecified atom stereocenters. The molecule has 0 radical (unpaired) electrons. The Morgan fingerprint density at radius 3 is 2.65 bits per heavy atom. The molecule has 1 aromatic carbocycles. The largest absolute Gasteiger partial charge is 0.362 e. The summed E-state index contributed by atoms with van der Waals surface area (Å²) in [6, 6.07) is 8.26. The summed E-state index contributed by atoms with van der Waals surface area (Å²) in [5.41, 5.74) is 1.17. The maximum atomic E-state index is 5.99. The van der Waals surface area contributed by atoms with Crippen molar-refractivity contribution in [2.24, 2.45) is 0 Å². The second-order valence-electron chi connectivity index (χ2n) is 3.64.